The Morgan fingerprint density at radius 3 is 2.33 bits per heavy atom. The average Bonchev–Trinajstić information content (AvgIpc) is 2.19. The van der Waals surface area contributed by atoms with Crippen molar-refractivity contribution >= 4 is 11.8 Å². The van der Waals surface area contributed by atoms with Crippen molar-refractivity contribution in [2.75, 3.05) is 6.26 Å². The van der Waals surface area contributed by atoms with Crippen LogP contribution in [-0.4, -0.2) is 17.5 Å². The number of hydrogen-bond acceptors (Lipinski definition) is 2. The largest absolute Gasteiger partial charge is 0.327 e. The van der Waals surface area contributed by atoms with E-state index < -0.39 is 0 Å². The molecule has 0 aromatic rings. The number of hydrogen-bond donors (Lipinski definition) is 1. The Morgan fingerprint density at radius 1 is 1.83 bits per heavy atom. The summed E-state index contributed by atoms with van der Waals surface area (Å²) in [4.78, 5) is 0. The molecule has 0 aromatic carbocycles. The van der Waals surface area contributed by atoms with E-state index in [1.54, 1.807) is 0 Å². The maximum absolute atomic E-state index is 5.46. The number of rotatable bonds is 1. The Kier molecular flexibility index (Phi) is 1.06. The summed E-state index contributed by atoms with van der Waals surface area (Å²) >= 11 is 1.87. The first kappa shape index (κ1) is 4.47. The second kappa shape index (κ2) is 1.43. The van der Waals surface area contributed by atoms with E-state index in [0.29, 0.717) is 6.04 Å². The molecule has 2 atom stereocenters. The fraction of sp³-hybridized carbons (Fsp3) is 1.00. The van der Waals surface area contributed by atoms with Gasteiger partial charge in [-0.05, 0) is 12.7 Å². The van der Waals surface area contributed by atoms with Gasteiger partial charge in [0.1, 0.15) is 0 Å². The van der Waals surface area contributed by atoms with Crippen molar-refractivity contribution < 1.29 is 0 Å². The molecule has 1 saturated carbocycles. The molecule has 1 rings (SSSR count). The Hall–Kier alpha value is 0.310. The first-order valence-corrected chi connectivity index (χ1v) is 3.42. The van der Waals surface area contributed by atoms with E-state index in [0.717, 1.165) is 5.25 Å². The molecule has 1 nitrogen and oxygen atoms in total. The summed E-state index contributed by atoms with van der Waals surface area (Å²) in [6, 6.07) is 0.528. The van der Waals surface area contributed by atoms with Gasteiger partial charge in [0.2, 0.25) is 0 Å². The third-order valence-corrected chi connectivity index (χ3v) is 2.23. The number of thioether (sulfide) groups is 1. The van der Waals surface area contributed by atoms with E-state index >= 15 is 0 Å². The van der Waals surface area contributed by atoms with Crippen LogP contribution in [-0.2, 0) is 0 Å². The SMILES string of the molecule is CS[C@@H]1C[C@@H]1N. The van der Waals surface area contributed by atoms with Crippen LogP contribution in [0.1, 0.15) is 6.42 Å². The van der Waals surface area contributed by atoms with Gasteiger partial charge in [-0.2, -0.15) is 11.8 Å². The van der Waals surface area contributed by atoms with Crippen LogP contribution in [0, 0.1) is 0 Å². The summed E-state index contributed by atoms with van der Waals surface area (Å²) < 4.78 is 0. The fourth-order valence-corrected chi connectivity index (χ4v) is 1.22. The van der Waals surface area contributed by atoms with Crippen molar-refractivity contribution in [2.45, 2.75) is 17.7 Å². The third-order valence-electron chi connectivity index (χ3n) is 1.08. The highest BCUT2D eigenvalue weighted by Crippen LogP contribution is 2.30. The van der Waals surface area contributed by atoms with Crippen LogP contribution >= 0.6 is 11.8 Å². The van der Waals surface area contributed by atoms with Crippen molar-refractivity contribution in [3.8, 4) is 0 Å². The Morgan fingerprint density at radius 2 is 2.33 bits per heavy atom. The molecular formula is C4H9NS. The van der Waals surface area contributed by atoms with Gasteiger partial charge in [-0.15, -0.1) is 0 Å². The van der Waals surface area contributed by atoms with Gasteiger partial charge >= 0.3 is 0 Å². The average molecular weight is 103 g/mol. The lowest BCUT2D eigenvalue weighted by Gasteiger charge is -1.80. The minimum Gasteiger partial charge on any atom is -0.327 e. The van der Waals surface area contributed by atoms with Crippen LogP contribution in [0.15, 0.2) is 0 Å². The summed E-state index contributed by atoms with van der Waals surface area (Å²) in [6.45, 7) is 0. The first-order chi connectivity index (χ1) is 2.84. The Bertz CT molecular complexity index is 53.5. The van der Waals surface area contributed by atoms with Gasteiger partial charge in [-0.25, -0.2) is 0 Å². The van der Waals surface area contributed by atoms with E-state index in [-0.39, 0.29) is 0 Å². The molecule has 0 aliphatic heterocycles. The van der Waals surface area contributed by atoms with Gasteiger partial charge in [-0.1, -0.05) is 0 Å². The highest BCUT2D eigenvalue weighted by molar-refractivity contribution is 7.99. The summed E-state index contributed by atoms with van der Waals surface area (Å²) in [7, 11) is 0. The van der Waals surface area contributed by atoms with Gasteiger partial charge in [0.15, 0.2) is 0 Å². The highest BCUT2D eigenvalue weighted by atomic mass is 32.2. The quantitative estimate of drug-likeness (QED) is 0.521. The van der Waals surface area contributed by atoms with Crippen molar-refractivity contribution in [2.24, 2.45) is 5.73 Å². The number of nitrogens with two attached hydrogens (primary N) is 1. The first-order valence-electron chi connectivity index (χ1n) is 2.13. The van der Waals surface area contributed by atoms with Gasteiger partial charge < -0.3 is 5.73 Å². The lowest BCUT2D eigenvalue weighted by atomic mass is 10.8. The smallest absolute Gasteiger partial charge is 0.0211 e. The molecule has 0 saturated heterocycles. The molecule has 36 valence electrons. The monoisotopic (exact) mass is 103 g/mol. The maximum Gasteiger partial charge on any atom is 0.0211 e. The van der Waals surface area contributed by atoms with Crippen LogP contribution in [0.3, 0.4) is 0 Å². The molecular weight excluding hydrogens is 94.1 g/mol. The van der Waals surface area contributed by atoms with Crippen molar-refractivity contribution in [3.63, 3.8) is 0 Å². The molecule has 0 unspecified atom stereocenters. The molecule has 1 aliphatic rings. The highest BCUT2D eigenvalue weighted by Gasteiger charge is 2.31. The predicted octanol–water partition coefficient (Wildman–Crippen LogP) is 0.449. The van der Waals surface area contributed by atoms with Crippen molar-refractivity contribution in [3.05, 3.63) is 0 Å². The van der Waals surface area contributed by atoms with Crippen molar-refractivity contribution in [1.29, 1.82) is 0 Å². The zero-order chi connectivity index (χ0) is 4.57. The Balaban J connectivity index is 2.09. The third kappa shape index (κ3) is 0.684. The lowest BCUT2D eigenvalue weighted by Crippen LogP contribution is -2.01. The van der Waals surface area contributed by atoms with Crippen LogP contribution in [0.25, 0.3) is 0 Å². The van der Waals surface area contributed by atoms with E-state index in [1.165, 1.54) is 6.42 Å². The van der Waals surface area contributed by atoms with Crippen LogP contribution in [0.4, 0.5) is 0 Å². The summed E-state index contributed by atoms with van der Waals surface area (Å²) in [5.74, 6) is 0. The summed E-state index contributed by atoms with van der Waals surface area (Å²) in [5, 5.41) is 0.796. The molecule has 0 aromatic heterocycles. The molecule has 0 heterocycles. The Labute approximate surface area is 42.3 Å². The summed E-state index contributed by atoms with van der Waals surface area (Å²) in [6.07, 6.45) is 3.35. The molecule has 0 radical (unpaired) electrons. The standard InChI is InChI=1S/C4H9NS/c1-6-4-2-3(4)5/h3-4H,2,5H2,1H3/t3-,4+/m0/s1. The maximum atomic E-state index is 5.46. The van der Waals surface area contributed by atoms with Crippen LogP contribution in [0.2, 0.25) is 0 Å². The molecule has 1 fully saturated rings. The van der Waals surface area contributed by atoms with E-state index in [1.807, 2.05) is 11.8 Å². The van der Waals surface area contributed by atoms with E-state index in [9.17, 15) is 0 Å². The summed E-state index contributed by atoms with van der Waals surface area (Å²) in [5.41, 5.74) is 5.46. The molecule has 0 amide bonds. The molecule has 6 heavy (non-hydrogen) atoms. The van der Waals surface area contributed by atoms with Crippen molar-refractivity contribution in [1.82, 2.24) is 0 Å². The van der Waals surface area contributed by atoms with Gasteiger partial charge in [0, 0.05) is 11.3 Å². The zero-order valence-electron chi connectivity index (χ0n) is 3.85. The lowest BCUT2D eigenvalue weighted by molar-refractivity contribution is 1.08. The van der Waals surface area contributed by atoms with Gasteiger partial charge in [-0.3, -0.25) is 0 Å². The molecule has 1 aliphatic carbocycles. The molecule has 2 N–H and O–H groups in total. The van der Waals surface area contributed by atoms with E-state index in [2.05, 4.69) is 6.26 Å². The zero-order valence-corrected chi connectivity index (χ0v) is 4.66. The van der Waals surface area contributed by atoms with Crippen LogP contribution < -0.4 is 5.73 Å². The second-order valence-electron chi connectivity index (χ2n) is 1.67. The fourth-order valence-electron chi connectivity index (χ4n) is 0.461. The minimum atomic E-state index is 0.528. The predicted molar refractivity (Wildman–Crippen MR) is 29.9 cm³/mol. The molecule has 0 bridgehead atoms. The second-order valence-corrected chi connectivity index (χ2v) is 2.75. The van der Waals surface area contributed by atoms with Crippen LogP contribution in [0.5, 0.6) is 0 Å². The van der Waals surface area contributed by atoms with Gasteiger partial charge in [0.05, 0.1) is 0 Å². The molecule has 2 heteroatoms. The minimum absolute atomic E-state index is 0.528. The van der Waals surface area contributed by atoms with Gasteiger partial charge in [0.25, 0.3) is 0 Å². The molecule has 0 spiro atoms. The normalized spacial score (nSPS) is 43.0. The van der Waals surface area contributed by atoms with E-state index in [4.69, 9.17) is 5.73 Å². The topological polar surface area (TPSA) is 26.0 Å².